The summed E-state index contributed by atoms with van der Waals surface area (Å²) in [6, 6.07) is 6.29. The summed E-state index contributed by atoms with van der Waals surface area (Å²) < 4.78 is 13.4. The number of nitrogens with zero attached hydrogens (tertiary/aromatic N) is 1. The maximum atomic E-state index is 13.4. The lowest BCUT2D eigenvalue weighted by molar-refractivity contribution is 0.400. The Morgan fingerprint density at radius 2 is 1.81 bits per heavy atom. The Kier molecular flexibility index (Phi) is 7.88. The highest BCUT2D eigenvalue weighted by Crippen LogP contribution is 2.11. The van der Waals surface area contributed by atoms with Gasteiger partial charge in [-0.1, -0.05) is 12.1 Å². The Morgan fingerprint density at radius 1 is 1.14 bits per heavy atom. The van der Waals surface area contributed by atoms with Gasteiger partial charge in [0.1, 0.15) is 5.82 Å². The van der Waals surface area contributed by atoms with Crippen molar-refractivity contribution in [1.82, 2.24) is 21.1 Å². The Morgan fingerprint density at radius 3 is 2.48 bits per heavy atom. The van der Waals surface area contributed by atoms with Gasteiger partial charge in [0.15, 0.2) is 10.2 Å². The molecule has 0 aliphatic carbocycles. The number of rotatable bonds is 5. The SMILES string of the molecule is CN(C)CCCNC(=S)NNC(=S)Nc1ccccc1F. The number of hydrogen-bond acceptors (Lipinski definition) is 3. The van der Waals surface area contributed by atoms with Gasteiger partial charge in [-0.25, -0.2) is 4.39 Å². The molecule has 0 bridgehead atoms. The monoisotopic (exact) mass is 329 g/mol. The van der Waals surface area contributed by atoms with Gasteiger partial charge in [-0.05, 0) is 63.6 Å². The van der Waals surface area contributed by atoms with Gasteiger partial charge in [0.05, 0.1) is 5.69 Å². The summed E-state index contributed by atoms with van der Waals surface area (Å²) >= 11 is 10.1. The van der Waals surface area contributed by atoms with Crippen molar-refractivity contribution in [1.29, 1.82) is 0 Å². The molecule has 0 spiro atoms. The van der Waals surface area contributed by atoms with E-state index in [1.165, 1.54) is 6.07 Å². The highest BCUT2D eigenvalue weighted by Gasteiger charge is 2.03. The van der Waals surface area contributed by atoms with Crippen molar-refractivity contribution in [3.8, 4) is 0 Å². The van der Waals surface area contributed by atoms with Crippen LogP contribution >= 0.6 is 24.4 Å². The van der Waals surface area contributed by atoms with Crippen LogP contribution in [0.1, 0.15) is 6.42 Å². The normalized spacial score (nSPS) is 10.1. The van der Waals surface area contributed by atoms with Crippen molar-refractivity contribution in [3.63, 3.8) is 0 Å². The molecule has 0 radical (unpaired) electrons. The Hall–Kier alpha value is -1.51. The van der Waals surface area contributed by atoms with Crippen molar-refractivity contribution in [2.24, 2.45) is 0 Å². The zero-order valence-electron chi connectivity index (χ0n) is 12.1. The number of halogens is 1. The first-order valence-corrected chi connectivity index (χ1v) is 7.31. The second-order valence-electron chi connectivity index (χ2n) is 4.60. The van der Waals surface area contributed by atoms with E-state index in [9.17, 15) is 4.39 Å². The van der Waals surface area contributed by atoms with E-state index in [4.69, 9.17) is 24.4 Å². The van der Waals surface area contributed by atoms with E-state index in [1.807, 2.05) is 14.1 Å². The molecule has 1 rings (SSSR count). The largest absolute Gasteiger partial charge is 0.361 e. The van der Waals surface area contributed by atoms with Crippen LogP contribution in [0.15, 0.2) is 24.3 Å². The quantitative estimate of drug-likeness (QED) is 0.370. The van der Waals surface area contributed by atoms with Gasteiger partial charge >= 0.3 is 0 Å². The lowest BCUT2D eigenvalue weighted by atomic mass is 10.3. The van der Waals surface area contributed by atoms with Gasteiger partial charge in [0, 0.05) is 6.54 Å². The molecular formula is C13H20FN5S2. The topological polar surface area (TPSA) is 51.4 Å². The first-order valence-electron chi connectivity index (χ1n) is 6.49. The molecule has 0 fully saturated rings. The second kappa shape index (κ2) is 9.43. The third-order valence-corrected chi connectivity index (χ3v) is 2.93. The smallest absolute Gasteiger partial charge is 0.189 e. The van der Waals surface area contributed by atoms with Crippen LogP contribution < -0.4 is 21.5 Å². The van der Waals surface area contributed by atoms with Crippen molar-refractivity contribution in [2.75, 3.05) is 32.5 Å². The average Bonchev–Trinajstić information content (AvgIpc) is 2.44. The third kappa shape index (κ3) is 7.74. The molecule has 0 aliphatic rings. The lowest BCUT2D eigenvalue weighted by Crippen LogP contribution is -2.48. The van der Waals surface area contributed by atoms with Crippen LogP contribution in [-0.4, -0.2) is 42.3 Å². The van der Waals surface area contributed by atoms with Crippen LogP contribution in [0.5, 0.6) is 0 Å². The zero-order chi connectivity index (χ0) is 15.7. The van der Waals surface area contributed by atoms with Crippen molar-refractivity contribution in [3.05, 3.63) is 30.1 Å². The van der Waals surface area contributed by atoms with Crippen LogP contribution in [0.25, 0.3) is 0 Å². The molecular weight excluding hydrogens is 309 g/mol. The summed E-state index contributed by atoms with van der Waals surface area (Å²) in [5, 5.41) is 6.45. The van der Waals surface area contributed by atoms with Crippen molar-refractivity contribution >= 4 is 40.3 Å². The molecule has 0 aliphatic heterocycles. The molecule has 0 saturated heterocycles. The number of thiocarbonyl (C=S) groups is 2. The predicted octanol–water partition coefficient (Wildman–Crippen LogP) is 1.44. The number of hydrogen-bond donors (Lipinski definition) is 4. The van der Waals surface area contributed by atoms with E-state index in [-0.39, 0.29) is 10.9 Å². The van der Waals surface area contributed by atoms with Crippen LogP contribution in [0.2, 0.25) is 0 Å². The van der Waals surface area contributed by atoms with E-state index in [2.05, 4.69) is 26.4 Å². The molecule has 0 atom stereocenters. The van der Waals surface area contributed by atoms with Crippen LogP contribution in [0, 0.1) is 5.82 Å². The molecule has 8 heteroatoms. The number of benzene rings is 1. The van der Waals surface area contributed by atoms with E-state index in [0.717, 1.165) is 19.5 Å². The van der Waals surface area contributed by atoms with E-state index in [1.54, 1.807) is 18.2 Å². The fourth-order valence-corrected chi connectivity index (χ4v) is 1.79. The van der Waals surface area contributed by atoms with Gasteiger partial charge < -0.3 is 15.5 Å². The molecule has 116 valence electrons. The fraction of sp³-hybridized carbons (Fsp3) is 0.385. The maximum Gasteiger partial charge on any atom is 0.189 e. The minimum atomic E-state index is -0.369. The summed E-state index contributed by atoms with van der Waals surface area (Å²) in [6.45, 7) is 1.75. The molecule has 4 N–H and O–H groups in total. The molecule has 0 saturated carbocycles. The molecule has 0 unspecified atom stereocenters. The minimum absolute atomic E-state index is 0.234. The number of para-hydroxylation sites is 1. The maximum absolute atomic E-state index is 13.4. The summed E-state index contributed by atoms with van der Waals surface area (Å²) in [5.41, 5.74) is 5.75. The average molecular weight is 329 g/mol. The second-order valence-corrected chi connectivity index (χ2v) is 5.41. The molecule has 0 heterocycles. The van der Waals surface area contributed by atoms with Gasteiger partial charge in [0.25, 0.3) is 0 Å². The standard InChI is InChI=1S/C13H20FN5S2/c1-19(2)9-5-8-15-12(20)17-18-13(21)16-11-7-4-3-6-10(11)14/h3-4,6-7H,5,8-9H2,1-2H3,(H2,15,17,20)(H2,16,18,21). The molecule has 1 aromatic rings. The predicted molar refractivity (Wildman–Crippen MR) is 92.7 cm³/mol. The van der Waals surface area contributed by atoms with Crippen molar-refractivity contribution in [2.45, 2.75) is 6.42 Å². The van der Waals surface area contributed by atoms with Gasteiger partial charge in [-0.2, -0.15) is 0 Å². The van der Waals surface area contributed by atoms with Gasteiger partial charge in [-0.3, -0.25) is 10.9 Å². The summed E-state index contributed by atoms with van der Waals surface area (Å²) in [5.74, 6) is -0.369. The van der Waals surface area contributed by atoms with Gasteiger partial charge in [-0.15, -0.1) is 0 Å². The molecule has 0 amide bonds. The first kappa shape index (κ1) is 17.5. The highest BCUT2D eigenvalue weighted by atomic mass is 32.1. The Bertz CT molecular complexity index is 481. The fourth-order valence-electron chi connectivity index (χ4n) is 1.47. The summed E-state index contributed by atoms with van der Waals surface area (Å²) in [7, 11) is 4.04. The van der Waals surface area contributed by atoms with E-state index in [0.29, 0.717) is 10.8 Å². The Labute approximate surface area is 135 Å². The zero-order valence-corrected chi connectivity index (χ0v) is 13.7. The minimum Gasteiger partial charge on any atom is -0.361 e. The van der Waals surface area contributed by atoms with E-state index < -0.39 is 0 Å². The number of anilines is 1. The van der Waals surface area contributed by atoms with Crippen LogP contribution in [-0.2, 0) is 0 Å². The molecule has 0 aromatic heterocycles. The number of hydrazine groups is 1. The summed E-state index contributed by atoms with van der Waals surface area (Å²) in [4.78, 5) is 2.10. The summed E-state index contributed by atoms with van der Waals surface area (Å²) in [6.07, 6.45) is 0.979. The van der Waals surface area contributed by atoms with Gasteiger partial charge in [0.2, 0.25) is 0 Å². The lowest BCUT2D eigenvalue weighted by Gasteiger charge is -2.15. The van der Waals surface area contributed by atoms with Crippen LogP contribution in [0.3, 0.4) is 0 Å². The Balaban J connectivity index is 2.21. The van der Waals surface area contributed by atoms with E-state index >= 15 is 0 Å². The van der Waals surface area contributed by atoms with Crippen molar-refractivity contribution < 1.29 is 4.39 Å². The molecule has 5 nitrogen and oxygen atoms in total. The molecule has 1 aromatic carbocycles. The number of nitrogens with one attached hydrogen (secondary N) is 4. The highest BCUT2D eigenvalue weighted by molar-refractivity contribution is 7.80. The molecule has 21 heavy (non-hydrogen) atoms. The third-order valence-electron chi connectivity index (χ3n) is 2.48. The van der Waals surface area contributed by atoms with Crippen LogP contribution in [0.4, 0.5) is 10.1 Å². The first-order chi connectivity index (χ1) is 9.99.